The molecule has 1 aliphatic carbocycles. The Bertz CT molecular complexity index is 418. The predicted molar refractivity (Wildman–Crippen MR) is 64.2 cm³/mol. The molecule has 0 spiro atoms. The van der Waals surface area contributed by atoms with Crippen LogP contribution in [0, 0.1) is 13.8 Å². The topological polar surface area (TPSA) is 29.4 Å². The van der Waals surface area contributed by atoms with Crippen molar-refractivity contribution in [1.29, 1.82) is 0 Å². The Morgan fingerprint density at radius 1 is 1.12 bits per heavy atom. The minimum absolute atomic E-state index is 0.279. The second kappa shape index (κ2) is 4.23. The van der Waals surface area contributed by atoms with Gasteiger partial charge in [0.05, 0.1) is 5.54 Å². The zero-order valence-corrected chi connectivity index (χ0v) is 9.92. The van der Waals surface area contributed by atoms with Gasteiger partial charge in [-0.05, 0) is 32.3 Å². The molecule has 1 aliphatic rings. The van der Waals surface area contributed by atoms with Crippen LogP contribution in [-0.2, 0) is 10.3 Å². The molecule has 0 radical (unpaired) electrons. The van der Waals surface area contributed by atoms with E-state index in [1.54, 1.807) is 6.08 Å². The minimum atomic E-state index is -0.279. The van der Waals surface area contributed by atoms with Crippen LogP contribution < -0.4 is 0 Å². The molecule has 1 aromatic carbocycles. The Labute approximate surface area is 96.4 Å². The van der Waals surface area contributed by atoms with Gasteiger partial charge >= 0.3 is 0 Å². The quantitative estimate of drug-likeness (QED) is 0.549. The van der Waals surface area contributed by atoms with Crippen molar-refractivity contribution in [3.8, 4) is 0 Å². The maximum Gasteiger partial charge on any atom is 0.235 e. The van der Waals surface area contributed by atoms with Crippen LogP contribution in [0.1, 0.15) is 42.4 Å². The number of hydrogen-bond donors (Lipinski definition) is 0. The van der Waals surface area contributed by atoms with E-state index >= 15 is 0 Å². The maximum atomic E-state index is 10.6. The summed E-state index contributed by atoms with van der Waals surface area (Å²) in [6, 6.07) is 6.45. The van der Waals surface area contributed by atoms with Crippen LogP contribution in [0.25, 0.3) is 0 Å². The molecule has 2 rings (SSSR count). The Morgan fingerprint density at radius 2 is 1.69 bits per heavy atom. The summed E-state index contributed by atoms with van der Waals surface area (Å²) >= 11 is 0. The normalized spacial score (nSPS) is 18.1. The van der Waals surface area contributed by atoms with E-state index in [9.17, 15) is 4.79 Å². The van der Waals surface area contributed by atoms with Gasteiger partial charge < -0.3 is 0 Å². The highest BCUT2D eigenvalue weighted by molar-refractivity contribution is 5.41. The summed E-state index contributed by atoms with van der Waals surface area (Å²) in [6.45, 7) is 4.17. The molecular formula is C14H17NO. The minimum Gasteiger partial charge on any atom is -0.211 e. The highest BCUT2D eigenvalue weighted by atomic mass is 16.1. The second-order valence-electron chi connectivity index (χ2n) is 4.82. The molecule has 0 N–H and O–H groups in total. The van der Waals surface area contributed by atoms with Gasteiger partial charge in [0, 0.05) is 0 Å². The fourth-order valence-corrected chi connectivity index (χ4v) is 2.76. The molecule has 0 aliphatic heterocycles. The smallest absolute Gasteiger partial charge is 0.211 e. The third-order valence-corrected chi connectivity index (χ3v) is 3.45. The molecule has 1 saturated carbocycles. The van der Waals surface area contributed by atoms with E-state index in [2.05, 4.69) is 37.0 Å². The van der Waals surface area contributed by atoms with Gasteiger partial charge in [-0.3, -0.25) is 0 Å². The third kappa shape index (κ3) is 1.94. The lowest BCUT2D eigenvalue weighted by atomic mass is 9.87. The number of aliphatic imine (C=N–C) groups is 1. The number of carbonyl (C=O) groups excluding carboxylic acids is 1. The molecule has 2 heteroatoms. The molecule has 84 valence electrons. The van der Waals surface area contributed by atoms with Crippen LogP contribution in [0.15, 0.2) is 23.2 Å². The van der Waals surface area contributed by atoms with E-state index < -0.39 is 0 Å². The zero-order valence-electron chi connectivity index (χ0n) is 9.92. The molecule has 0 saturated heterocycles. The summed E-state index contributed by atoms with van der Waals surface area (Å²) in [5, 5.41) is 0. The lowest BCUT2D eigenvalue weighted by molar-refractivity contribution is 0.455. The van der Waals surface area contributed by atoms with Gasteiger partial charge in [0.25, 0.3) is 0 Å². The number of hydrogen-bond acceptors (Lipinski definition) is 2. The fraction of sp³-hybridized carbons (Fsp3) is 0.500. The molecule has 0 amide bonds. The number of isocyanates is 1. The summed E-state index contributed by atoms with van der Waals surface area (Å²) in [5.74, 6) is 0. The summed E-state index contributed by atoms with van der Waals surface area (Å²) in [5.41, 5.74) is 3.38. The van der Waals surface area contributed by atoms with Crippen LogP contribution >= 0.6 is 0 Å². The van der Waals surface area contributed by atoms with Crippen molar-refractivity contribution in [2.75, 3.05) is 0 Å². The molecule has 0 atom stereocenters. The van der Waals surface area contributed by atoms with Crippen LogP contribution in [0.4, 0.5) is 0 Å². The monoisotopic (exact) mass is 215 g/mol. The molecule has 16 heavy (non-hydrogen) atoms. The molecule has 2 nitrogen and oxygen atoms in total. The van der Waals surface area contributed by atoms with Gasteiger partial charge in [0.15, 0.2) is 0 Å². The first kappa shape index (κ1) is 11.1. The van der Waals surface area contributed by atoms with Crippen molar-refractivity contribution in [3.05, 3.63) is 34.9 Å². The molecule has 1 fully saturated rings. The van der Waals surface area contributed by atoms with Crippen LogP contribution in [0.5, 0.6) is 0 Å². The summed E-state index contributed by atoms with van der Waals surface area (Å²) in [6.07, 6.45) is 6.02. The number of benzene rings is 1. The highest BCUT2D eigenvalue weighted by Gasteiger charge is 2.35. The van der Waals surface area contributed by atoms with Crippen molar-refractivity contribution in [3.63, 3.8) is 0 Å². The van der Waals surface area contributed by atoms with Crippen molar-refractivity contribution < 1.29 is 4.79 Å². The van der Waals surface area contributed by atoms with Crippen molar-refractivity contribution in [2.24, 2.45) is 4.99 Å². The van der Waals surface area contributed by atoms with Crippen LogP contribution in [-0.4, -0.2) is 6.08 Å². The van der Waals surface area contributed by atoms with Crippen molar-refractivity contribution in [2.45, 2.75) is 45.1 Å². The van der Waals surface area contributed by atoms with Gasteiger partial charge in [0.1, 0.15) is 0 Å². The largest absolute Gasteiger partial charge is 0.235 e. The number of aryl methyl sites for hydroxylation is 2. The van der Waals surface area contributed by atoms with Crippen LogP contribution in [0.3, 0.4) is 0 Å². The lowest BCUT2D eigenvalue weighted by Gasteiger charge is -2.23. The zero-order chi connectivity index (χ0) is 11.6. The van der Waals surface area contributed by atoms with Gasteiger partial charge in [-0.1, -0.05) is 42.2 Å². The average molecular weight is 215 g/mol. The standard InChI is InChI=1S/C14H17NO/c1-11-7-12(2)9-13(8-11)14(15-10-16)5-3-4-6-14/h7-9H,3-6H2,1-2H3. The molecular weight excluding hydrogens is 198 g/mol. The van der Waals surface area contributed by atoms with E-state index in [1.807, 2.05) is 0 Å². The maximum absolute atomic E-state index is 10.6. The summed E-state index contributed by atoms with van der Waals surface area (Å²) < 4.78 is 0. The van der Waals surface area contributed by atoms with Gasteiger partial charge in [-0.2, -0.15) is 4.99 Å². The first-order valence-electron chi connectivity index (χ1n) is 5.84. The molecule has 0 aromatic heterocycles. The SMILES string of the molecule is Cc1cc(C)cc(C2(N=C=O)CCCC2)c1. The third-order valence-electron chi connectivity index (χ3n) is 3.45. The first-order valence-corrected chi connectivity index (χ1v) is 5.84. The van der Waals surface area contributed by atoms with E-state index in [0.29, 0.717) is 0 Å². The van der Waals surface area contributed by atoms with E-state index in [-0.39, 0.29) is 5.54 Å². The van der Waals surface area contributed by atoms with E-state index in [4.69, 9.17) is 0 Å². The van der Waals surface area contributed by atoms with Gasteiger partial charge in [0.2, 0.25) is 6.08 Å². The Balaban J connectivity index is 2.50. The fourth-order valence-electron chi connectivity index (χ4n) is 2.76. The average Bonchev–Trinajstić information content (AvgIpc) is 2.66. The Morgan fingerprint density at radius 3 is 2.19 bits per heavy atom. The molecule has 0 bridgehead atoms. The lowest BCUT2D eigenvalue weighted by Crippen LogP contribution is -2.19. The van der Waals surface area contributed by atoms with Gasteiger partial charge in [-0.15, -0.1) is 0 Å². The van der Waals surface area contributed by atoms with E-state index in [1.165, 1.54) is 16.7 Å². The first-order chi connectivity index (χ1) is 7.66. The summed E-state index contributed by atoms with van der Waals surface area (Å²) in [4.78, 5) is 14.7. The molecule has 0 unspecified atom stereocenters. The number of rotatable bonds is 2. The Hall–Kier alpha value is -1.40. The van der Waals surface area contributed by atoms with Crippen molar-refractivity contribution >= 4 is 6.08 Å². The second-order valence-corrected chi connectivity index (χ2v) is 4.82. The van der Waals surface area contributed by atoms with Crippen molar-refractivity contribution in [1.82, 2.24) is 0 Å². The predicted octanol–water partition coefficient (Wildman–Crippen LogP) is 3.41. The summed E-state index contributed by atoms with van der Waals surface area (Å²) in [7, 11) is 0. The van der Waals surface area contributed by atoms with Crippen LogP contribution in [0.2, 0.25) is 0 Å². The highest BCUT2D eigenvalue weighted by Crippen LogP contribution is 2.42. The molecule has 0 heterocycles. The molecule has 1 aromatic rings. The Kier molecular flexibility index (Phi) is 2.93. The number of nitrogens with zero attached hydrogens (tertiary/aromatic N) is 1. The van der Waals surface area contributed by atoms with Gasteiger partial charge in [-0.25, -0.2) is 4.79 Å². The van der Waals surface area contributed by atoms with E-state index in [0.717, 1.165) is 25.7 Å².